The zero-order valence-corrected chi connectivity index (χ0v) is 6.73. The van der Waals surface area contributed by atoms with Crippen molar-refractivity contribution in [2.45, 2.75) is 26.2 Å². The average Bonchev–Trinajstić information content (AvgIpc) is 2.62. The first-order chi connectivity index (χ1) is 4.79. The normalized spacial score (nSPS) is 17.3. The van der Waals surface area contributed by atoms with Crippen molar-refractivity contribution in [3.05, 3.63) is 12.2 Å². The predicted molar refractivity (Wildman–Crippen MR) is 43.0 cm³/mol. The lowest BCUT2D eigenvalue weighted by atomic mass is 10.3. The highest BCUT2D eigenvalue weighted by atomic mass is 16.5. The van der Waals surface area contributed by atoms with Crippen LogP contribution in [0.2, 0.25) is 0 Å². The van der Waals surface area contributed by atoms with Crippen molar-refractivity contribution >= 4 is 0 Å². The largest absolute Gasteiger partial charge is 0.381 e. The van der Waals surface area contributed by atoms with Crippen LogP contribution in [0, 0.1) is 5.92 Å². The van der Waals surface area contributed by atoms with Crippen LogP contribution in [0.1, 0.15) is 26.2 Å². The van der Waals surface area contributed by atoms with Crippen molar-refractivity contribution < 1.29 is 4.74 Å². The van der Waals surface area contributed by atoms with Crippen LogP contribution in [0.5, 0.6) is 0 Å². The zero-order chi connectivity index (χ0) is 7.40. The second-order valence-electron chi connectivity index (χ2n) is 3.23. The van der Waals surface area contributed by atoms with Gasteiger partial charge in [-0.3, -0.25) is 0 Å². The summed E-state index contributed by atoms with van der Waals surface area (Å²) in [5.41, 5.74) is 1.22. The van der Waals surface area contributed by atoms with Gasteiger partial charge in [0, 0.05) is 6.61 Å². The molecule has 0 aromatic heterocycles. The van der Waals surface area contributed by atoms with Crippen LogP contribution in [0.3, 0.4) is 0 Å². The maximum Gasteiger partial charge on any atom is 0.0503 e. The zero-order valence-electron chi connectivity index (χ0n) is 6.73. The first-order valence-corrected chi connectivity index (χ1v) is 4.01. The lowest BCUT2D eigenvalue weighted by Gasteiger charge is -2.01. The topological polar surface area (TPSA) is 9.23 Å². The van der Waals surface area contributed by atoms with Gasteiger partial charge in [0.15, 0.2) is 0 Å². The average molecular weight is 140 g/mol. The molecule has 0 aromatic rings. The highest BCUT2D eigenvalue weighted by Crippen LogP contribution is 2.28. The van der Waals surface area contributed by atoms with E-state index in [1.165, 1.54) is 18.4 Å². The molecule has 1 saturated carbocycles. The molecule has 0 radical (unpaired) electrons. The van der Waals surface area contributed by atoms with E-state index in [2.05, 4.69) is 6.58 Å². The van der Waals surface area contributed by atoms with E-state index >= 15 is 0 Å². The highest BCUT2D eigenvalue weighted by molar-refractivity contribution is 4.87. The highest BCUT2D eigenvalue weighted by Gasteiger charge is 2.20. The standard InChI is InChI=1S/C9H16O/c1-8(2)5-6-10-7-9-3-4-9/h9H,1,3-7H2,2H3. The van der Waals surface area contributed by atoms with E-state index in [9.17, 15) is 0 Å². The first-order valence-electron chi connectivity index (χ1n) is 4.01. The molecule has 0 saturated heterocycles. The van der Waals surface area contributed by atoms with Gasteiger partial charge in [0.05, 0.1) is 6.61 Å². The van der Waals surface area contributed by atoms with E-state index in [4.69, 9.17) is 4.74 Å². The molecular weight excluding hydrogens is 124 g/mol. The summed E-state index contributed by atoms with van der Waals surface area (Å²) in [6.07, 6.45) is 3.78. The van der Waals surface area contributed by atoms with Gasteiger partial charge in [-0.25, -0.2) is 0 Å². The third-order valence-electron chi connectivity index (χ3n) is 1.72. The summed E-state index contributed by atoms with van der Waals surface area (Å²) in [6.45, 7) is 7.70. The summed E-state index contributed by atoms with van der Waals surface area (Å²) in [5, 5.41) is 0. The lowest BCUT2D eigenvalue weighted by molar-refractivity contribution is 0.127. The fourth-order valence-electron chi connectivity index (χ4n) is 0.781. The minimum atomic E-state index is 0.867. The number of rotatable bonds is 5. The summed E-state index contributed by atoms with van der Waals surface area (Å²) in [5.74, 6) is 0.894. The van der Waals surface area contributed by atoms with Gasteiger partial charge in [0.2, 0.25) is 0 Å². The first kappa shape index (κ1) is 7.80. The molecule has 1 fully saturated rings. The van der Waals surface area contributed by atoms with Crippen LogP contribution >= 0.6 is 0 Å². The second-order valence-corrected chi connectivity index (χ2v) is 3.23. The Morgan fingerprint density at radius 1 is 1.60 bits per heavy atom. The number of hydrogen-bond acceptors (Lipinski definition) is 1. The van der Waals surface area contributed by atoms with E-state index < -0.39 is 0 Å². The molecule has 0 unspecified atom stereocenters. The van der Waals surface area contributed by atoms with Gasteiger partial charge in [0.25, 0.3) is 0 Å². The SMILES string of the molecule is C=C(C)CCOCC1CC1. The molecule has 0 N–H and O–H groups in total. The van der Waals surface area contributed by atoms with Crippen LogP contribution in [-0.4, -0.2) is 13.2 Å². The molecule has 0 aromatic carbocycles. The van der Waals surface area contributed by atoms with Crippen molar-refractivity contribution in [3.8, 4) is 0 Å². The molecule has 1 aliphatic carbocycles. The Labute approximate surface area is 63.1 Å². The summed E-state index contributed by atoms with van der Waals surface area (Å²) in [7, 11) is 0. The molecule has 1 aliphatic rings. The van der Waals surface area contributed by atoms with Crippen LogP contribution in [0.4, 0.5) is 0 Å². The van der Waals surface area contributed by atoms with E-state index in [0.717, 1.165) is 25.6 Å². The van der Waals surface area contributed by atoms with Crippen molar-refractivity contribution in [1.82, 2.24) is 0 Å². The predicted octanol–water partition coefficient (Wildman–Crippen LogP) is 2.38. The number of hydrogen-bond donors (Lipinski definition) is 0. The van der Waals surface area contributed by atoms with Gasteiger partial charge >= 0.3 is 0 Å². The van der Waals surface area contributed by atoms with Gasteiger partial charge in [-0.1, -0.05) is 5.57 Å². The Morgan fingerprint density at radius 2 is 2.30 bits per heavy atom. The summed E-state index contributed by atoms with van der Waals surface area (Å²) in [4.78, 5) is 0. The molecule has 0 spiro atoms. The smallest absolute Gasteiger partial charge is 0.0503 e. The molecule has 0 atom stereocenters. The van der Waals surface area contributed by atoms with Gasteiger partial charge in [0.1, 0.15) is 0 Å². The summed E-state index contributed by atoms with van der Waals surface area (Å²) < 4.78 is 5.41. The Bertz CT molecular complexity index is 114. The van der Waals surface area contributed by atoms with Crippen LogP contribution in [0.25, 0.3) is 0 Å². The van der Waals surface area contributed by atoms with E-state index in [1.54, 1.807) is 0 Å². The maximum absolute atomic E-state index is 5.41. The third kappa shape index (κ3) is 3.67. The Hall–Kier alpha value is -0.300. The Balaban J connectivity index is 1.80. The Morgan fingerprint density at radius 3 is 2.80 bits per heavy atom. The fourth-order valence-corrected chi connectivity index (χ4v) is 0.781. The summed E-state index contributed by atoms with van der Waals surface area (Å²) >= 11 is 0. The van der Waals surface area contributed by atoms with Crippen molar-refractivity contribution in [1.29, 1.82) is 0 Å². The lowest BCUT2D eigenvalue weighted by Crippen LogP contribution is -1.98. The number of ether oxygens (including phenoxy) is 1. The second kappa shape index (κ2) is 3.77. The van der Waals surface area contributed by atoms with Gasteiger partial charge in [-0.05, 0) is 32.1 Å². The summed E-state index contributed by atoms with van der Waals surface area (Å²) in [6, 6.07) is 0. The quantitative estimate of drug-likeness (QED) is 0.421. The van der Waals surface area contributed by atoms with Crippen molar-refractivity contribution in [2.24, 2.45) is 5.92 Å². The maximum atomic E-state index is 5.41. The van der Waals surface area contributed by atoms with E-state index in [-0.39, 0.29) is 0 Å². The van der Waals surface area contributed by atoms with Gasteiger partial charge < -0.3 is 4.74 Å². The van der Waals surface area contributed by atoms with E-state index in [0.29, 0.717) is 0 Å². The molecule has 1 rings (SSSR count). The molecule has 0 aliphatic heterocycles. The molecule has 1 heteroatoms. The molecule has 0 amide bonds. The molecule has 0 heterocycles. The molecule has 1 nitrogen and oxygen atoms in total. The minimum absolute atomic E-state index is 0.867. The molecular formula is C9H16O. The molecule has 10 heavy (non-hydrogen) atoms. The fraction of sp³-hybridized carbons (Fsp3) is 0.778. The van der Waals surface area contributed by atoms with Gasteiger partial charge in [-0.2, -0.15) is 0 Å². The van der Waals surface area contributed by atoms with Crippen molar-refractivity contribution in [3.63, 3.8) is 0 Å². The Kier molecular flexibility index (Phi) is 2.94. The van der Waals surface area contributed by atoms with E-state index in [1.807, 2.05) is 6.92 Å². The van der Waals surface area contributed by atoms with Crippen LogP contribution in [-0.2, 0) is 4.74 Å². The third-order valence-corrected chi connectivity index (χ3v) is 1.72. The molecule has 0 bridgehead atoms. The molecule has 58 valence electrons. The van der Waals surface area contributed by atoms with Crippen LogP contribution in [0.15, 0.2) is 12.2 Å². The minimum Gasteiger partial charge on any atom is -0.381 e. The van der Waals surface area contributed by atoms with Crippen LogP contribution < -0.4 is 0 Å². The van der Waals surface area contributed by atoms with Gasteiger partial charge in [-0.15, -0.1) is 6.58 Å². The van der Waals surface area contributed by atoms with Crippen molar-refractivity contribution in [2.75, 3.05) is 13.2 Å². The monoisotopic (exact) mass is 140 g/mol.